The SMILES string of the molecule is CCCCC/C=C\C/C=C\CCCCCCCCC1(CCCCCCCC/C=C\C/C=C\CCCCC)OC[C@H](CN(C)CCCCCC)O1. The van der Waals surface area contributed by atoms with E-state index in [9.17, 15) is 0 Å². The molecule has 0 aromatic rings. The summed E-state index contributed by atoms with van der Waals surface area (Å²) < 4.78 is 13.4. The monoisotopic (exact) mass is 698 g/mol. The number of hydrogen-bond acceptors (Lipinski definition) is 3. The number of rotatable bonds is 37. The number of ether oxygens (including phenoxy) is 2. The molecule has 0 spiro atoms. The van der Waals surface area contributed by atoms with Crippen LogP contribution in [0.2, 0.25) is 0 Å². The Morgan fingerprint density at radius 3 is 1.32 bits per heavy atom. The largest absolute Gasteiger partial charge is 0.347 e. The zero-order chi connectivity index (χ0) is 36.1. The number of hydrogen-bond donors (Lipinski definition) is 0. The quantitative estimate of drug-likeness (QED) is 0.0476. The molecule has 0 saturated carbocycles. The van der Waals surface area contributed by atoms with E-state index in [2.05, 4.69) is 81.3 Å². The van der Waals surface area contributed by atoms with Gasteiger partial charge in [-0.1, -0.05) is 166 Å². The van der Waals surface area contributed by atoms with Crippen molar-refractivity contribution in [3.8, 4) is 0 Å². The van der Waals surface area contributed by atoms with E-state index in [-0.39, 0.29) is 11.9 Å². The molecule has 1 saturated heterocycles. The maximum Gasteiger partial charge on any atom is 0.168 e. The Balaban J connectivity index is 2.27. The molecule has 1 aliphatic heterocycles. The Bertz CT molecular complexity index is 766. The molecule has 1 atom stereocenters. The molecule has 292 valence electrons. The predicted octanol–water partition coefficient (Wildman–Crippen LogP) is 15.0. The lowest BCUT2D eigenvalue weighted by molar-refractivity contribution is -0.180. The predicted molar refractivity (Wildman–Crippen MR) is 223 cm³/mol. The van der Waals surface area contributed by atoms with Gasteiger partial charge in [-0.2, -0.15) is 0 Å². The van der Waals surface area contributed by atoms with Crippen LogP contribution >= 0.6 is 0 Å². The van der Waals surface area contributed by atoms with E-state index in [0.717, 1.165) is 38.8 Å². The molecule has 1 aliphatic rings. The minimum absolute atomic E-state index is 0.223. The minimum atomic E-state index is -0.335. The van der Waals surface area contributed by atoms with Gasteiger partial charge in [0.2, 0.25) is 0 Å². The van der Waals surface area contributed by atoms with Crippen LogP contribution in [0, 0.1) is 0 Å². The average molecular weight is 698 g/mol. The lowest BCUT2D eigenvalue weighted by Gasteiger charge is -2.29. The van der Waals surface area contributed by atoms with Gasteiger partial charge < -0.3 is 14.4 Å². The highest BCUT2D eigenvalue weighted by atomic mass is 16.7. The minimum Gasteiger partial charge on any atom is -0.347 e. The molecule has 3 nitrogen and oxygen atoms in total. The van der Waals surface area contributed by atoms with Crippen LogP contribution in [0.25, 0.3) is 0 Å². The molecule has 0 aliphatic carbocycles. The van der Waals surface area contributed by atoms with Gasteiger partial charge in [0.1, 0.15) is 0 Å². The van der Waals surface area contributed by atoms with Crippen LogP contribution in [0.4, 0.5) is 0 Å². The molecule has 3 heteroatoms. The fourth-order valence-electron chi connectivity index (χ4n) is 7.11. The van der Waals surface area contributed by atoms with Crippen LogP contribution in [0.5, 0.6) is 0 Å². The van der Waals surface area contributed by atoms with Gasteiger partial charge in [-0.3, -0.25) is 0 Å². The van der Waals surface area contributed by atoms with E-state index in [4.69, 9.17) is 9.47 Å². The van der Waals surface area contributed by atoms with Crippen molar-refractivity contribution in [1.29, 1.82) is 0 Å². The number of allylic oxidation sites excluding steroid dienone is 8. The van der Waals surface area contributed by atoms with Crippen molar-refractivity contribution in [2.24, 2.45) is 0 Å². The van der Waals surface area contributed by atoms with Gasteiger partial charge in [-0.15, -0.1) is 0 Å². The van der Waals surface area contributed by atoms with Crippen LogP contribution in [0.1, 0.15) is 213 Å². The first kappa shape index (κ1) is 46.9. The second-order valence-electron chi connectivity index (χ2n) is 15.5. The third-order valence-electron chi connectivity index (χ3n) is 10.3. The Morgan fingerprint density at radius 1 is 0.480 bits per heavy atom. The lowest BCUT2D eigenvalue weighted by Crippen LogP contribution is -2.35. The highest BCUT2D eigenvalue weighted by Crippen LogP contribution is 2.35. The molecule has 0 aromatic carbocycles. The van der Waals surface area contributed by atoms with Gasteiger partial charge in [0.15, 0.2) is 5.79 Å². The molecule has 0 amide bonds. The molecule has 1 heterocycles. The van der Waals surface area contributed by atoms with Crippen LogP contribution in [0.3, 0.4) is 0 Å². The zero-order valence-electron chi connectivity index (χ0n) is 34.3. The second-order valence-corrected chi connectivity index (χ2v) is 15.5. The van der Waals surface area contributed by atoms with Crippen molar-refractivity contribution in [2.45, 2.75) is 225 Å². The topological polar surface area (TPSA) is 21.7 Å². The summed E-state index contributed by atoms with van der Waals surface area (Å²) in [4.78, 5) is 2.47. The summed E-state index contributed by atoms with van der Waals surface area (Å²) in [6.45, 7) is 9.77. The van der Waals surface area contributed by atoms with Crippen molar-refractivity contribution in [3.63, 3.8) is 0 Å². The van der Waals surface area contributed by atoms with Crippen molar-refractivity contribution in [2.75, 3.05) is 26.7 Å². The Labute approximate surface area is 314 Å². The molecule has 0 bridgehead atoms. The molecule has 0 N–H and O–H groups in total. The van der Waals surface area contributed by atoms with Crippen molar-refractivity contribution in [1.82, 2.24) is 4.90 Å². The summed E-state index contributed by atoms with van der Waals surface area (Å²) in [7, 11) is 2.26. The highest BCUT2D eigenvalue weighted by molar-refractivity contribution is 4.93. The van der Waals surface area contributed by atoms with Gasteiger partial charge in [-0.25, -0.2) is 0 Å². The van der Waals surface area contributed by atoms with E-state index < -0.39 is 0 Å². The number of nitrogens with zero attached hydrogens (tertiary/aromatic N) is 1. The van der Waals surface area contributed by atoms with Crippen LogP contribution in [0.15, 0.2) is 48.6 Å². The molecule has 50 heavy (non-hydrogen) atoms. The zero-order valence-corrected chi connectivity index (χ0v) is 34.3. The fraction of sp³-hybridized carbons (Fsp3) is 0.830. The Morgan fingerprint density at radius 2 is 0.860 bits per heavy atom. The summed E-state index contributed by atoms with van der Waals surface area (Å²) in [5.74, 6) is -0.335. The number of likely N-dealkylation sites (N-methyl/N-ethyl adjacent to an activating group) is 1. The lowest BCUT2D eigenvalue weighted by atomic mass is 9.98. The molecule has 0 unspecified atom stereocenters. The first-order valence-corrected chi connectivity index (χ1v) is 22.3. The summed E-state index contributed by atoms with van der Waals surface area (Å²) in [5.41, 5.74) is 0. The van der Waals surface area contributed by atoms with Gasteiger partial charge in [0.25, 0.3) is 0 Å². The summed E-state index contributed by atoms with van der Waals surface area (Å²) >= 11 is 0. The van der Waals surface area contributed by atoms with Gasteiger partial charge in [0.05, 0.1) is 12.7 Å². The Kier molecular flexibility index (Phi) is 33.9. The smallest absolute Gasteiger partial charge is 0.168 e. The van der Waals surface area contributed by atoms with Crippen molar-refractivity contribution < 1.29 is 9.47 Å². The molecule has 0 aromatic heterocycles. The molecular weight excluding hydrogens is 611 g/mol. The molecule has 1 fully saturated rings. The van der Waals surface area contributed by atoms with E-state index in [1.54, 1.807) is 0 Å². The third-order valence-corrected chi connectivity index (χ3v) is 10.3. The van der Waals surface area contributed by atoms with Crippen LogP contribution in [-0.2, 0) is 9.47 Å². The fourth-order valence-corrected chi connectivity index (χ4v) is 7.11. The summed E-state index contributed by atoms with van der Waals surface area (Å²) in [6.07, 6.45) is 57.5. The molecule has 0 radical (unpaired) electrons. The second kappa shape index (κ2) is 36.2. The maximum atomic E-state index is 6.81. The van der Waals surface area contributed by atoms with Gasteiger partial charge in [0, 0.05) is 19.4 Å². The van der Waals surface area contributed by atoms with Crippen LogP contribution in [-0.4, -0.2) is 43.5 Å². The van der Waals surface area contributed by atoms with Crippen LogP contribution < -0.4 is 0 Å². The van der Waals surface area contributed by atoms with Crippen molar-refractivity contribution in [3.05, 3.63) is 48.6 Å². The number of unbranched alkanes of at least 4 members (excludes halogenated alkanes) is 21. The summed E-state index contributed by atoms with van der Waals surface area (Å²) in [6, 6.07) is 0. The standard InChI is InChI=1S/C47H87NO2/c1-5-8-11-14-16-18-20-22-24-26-28-30-32-34-36-38-41-47(49-45-46(50-47)44-48(4)43-40-13-10-7-3)42-39-37-35-33-31-29-27-25-23-21-19-17-15-12-9-6-2/h16-19,22-25,46H,5-15,20-21,26-45H2,1-4H3/b18-16-,19-17-,24-22-,25-23-/t46-/m0/s1. The molecular formula is C47H87NO2. The van der Waals surface area contributed by atoms with Gasteiger partial charge >= 0.3 is 0 Å². The van der Waals surface area contributed by atoms with Crippen molar-refractivity contribution >= 4 is 0 Å². The van der Waals surface area contributed by atoms with E-state index in [1.807, 2.05) is 0 Å². The first-order valence-electron chi connectivity index (χ1n) is 22.3. The van der Waals surface area contributed by atoms with E-state index in [1.165, 1.54) is 173 Å². The summed E-state index contributed by atoms with van der Waals surface area (Å²) in [5, 5.41) is 0. The highest BCUT2D eigenvalue weighted by Gasteiger charge is 2.40. The van der Waals surface area contributed by atoms with E-state index in [0.29, 0.717) is 0 Å². The van der Waals surface area contributed by atoms with E-state index >= 15 is 0 Å². The van der Waals surface area contributed by atoms with Gasteiger partial charge in [-0.05, 0) is 97.1 Å². The third kappa shape index (κ3) is 29.4. The Hall–Kier alpha value is -1.16. The normalized spacial score (nSPS) is 16.5. The first-order chi connectivity index (χ1) is 24.7. The molecule has 1 rings (SSSR count). The average Bonchev–Trinajstić information content (AvgIpc) is 3.51. The maximum absolute atomic E-state index is 6.81.